The summed E-state index contributed by atoms with van der Waals surface area (Å²) in [6, 6.07) is 0.290. The van der Waals surface area contributed by atoms with Crippen LogP contribution in [-0.4, -0.2) is 25.8 Å². The Bertz CT molecular complexity index is 213. The van der Waals surface area contributed by atoms with Gasteiger partial charge in [0.05, 0.1) is 0 Å². The Hall–Kier alpha value is -0.800. The van der Waals surface area contributed by atoms with Gasteiger partial charge < -0.3 is 15.4 Å². The molecule has 74 valence electrons. The zero-order valence-electron chi connectivity index (χ0n) is 8.39. The molecule has 1 heterocycles. The quantitative estimate of drug-likeness (QED) is 0.634. The molecule has 1 rings (SSSR count). The molecule has 0 radical (unpaired) electrons. The van der Waals surface area contributed by atoms with Gasteiger partial charge in [0, 0.05) is 31.1 Å². The van der Waals surface area contributed by atoms with E-state index in [-0.39, 0.29) is 12.1 Å². The third kappa shape index (κ3) is 2.57. The first-order valence-electron chi connectivity index (χ1n) is 4.55. The number of ether oxygens (including phenoxy) is 1. The van der Waals surface area contributed by atoms with Gasteiger partial charge in [-0.25, -0.2) is 0 Å². The van der Waals surface area contributed by atoms with Crippen LogP contribution in [0.4, 0.5) is 0 Å². The summed E-state index contributed by atoms with van der Waals surface area (Å²) in [5.41, 5.74) is 1.87. The Morgan fingerprint density at radius 1 is 1.46 bits per heavy atom. The second-order valence-electron chi connectivity index (χ2n) is 3.40. The van der Waals surface area contributed by atoms with Gasteiger partial charge in [-0.05, 0) is 13.3 Å². The van der Waals surface area contributed by atoms with Gasteiger partial charge in [-0.2, -0.15) is 0 Å². The Kier molecular flexibility index (Phi) is 3.51. The molecule has 0 aliphatic carbocycles. The van der Waals surface area contributed by atoms with Crippen LogP contribution in [-0.2, 0) is 4.74 Å². The van der Waals surface area contributed by atoms with Crippen molar-refractivity contribution in [3.8, 4) is 0 Å². The van der Waals surface area contributed by atoms with Gasteiger partial charge in [0.25, 0.3) is 0 Å². The van der Waals surface area contributed by atoms with Crippen molar-refractivity contribution < 1.29 is 4.74 Å². The lowest BCUT2D eigenvalue weighted by Gasteiger charge is -2.29. The van der Waals surface area contributed by atoms with E-state index in [4.69, 9.17) is 4.74 Å². The number of hydrogen-bond acceptors (Lipinski definition) is 3. The minimum absolute atomic E-state index is 0.0112. The van der Waals surface area contributed by atoms with Crippen LogP contribution in [0.2, 0.25) is 0 Å². The lowest BCUT2D eigenvalue weighted by Crippen LogP contribution is -2.45. The van der Waals surface area contributed by atoms with Crippen molar-refractivity contribution in [1.29, 1.82) is 0 Å². The molecular weight excluding hydrogens is 164 g/mol. The minimum atomic E-state index is 0.0112. The van der Waals surface area contributed by atoms with Crippen LogP contribution >= 0.6 is 0 Å². The molecule has 0 aromatic heterocycles. The predicted octanol–water partition coefficient (Wildman–Crippen LogP) is 1.00. The summed E-state index contributed by atoms with van der Waals surface area (Å²) in [7, 11) is 1.69. The van der Waals surface area contributed by atoms with Crippen LogP contribution in [0.15, 0.2) is 24.6 Å². The first kappa shape index (κ1) is 10.3. The summed E-state index contributed by atoms with van der Waals surface area (Å²) >= 11 is 0. The fourth-order valence-corrected chi connectivity index (χ4v) is 1.57. The highest BCUT2D eigenvalue weighted by Crippen LogP contribution is 2.11. The van der Waals surface area contributed by atoms with Gasteiger partial charge in [0.15, 0.2) is 0 Å². The number of methoxy groups -OCH3 is 1. The van der Waals surface area contributed by atoms with Crippen LogP contribution in [0.3, 0.4) is 0 Å². The lowest BCUT2D eigenvalue weighted by atomic mass is 10.1. The van der Waals surface area contributed by atoms with E-state index in [0.717, 1.165) is 24.4 Å². The maximum Gasteiger partial charge on any atom is 0.111 e. The molecule has 1 aliphatic heterocycles. The molecule has 1 saturated heterocycles. The molecule has 3 nitrogen and oxygen atoms in total. The topological polar surface area (TPSA) is 33.3 Å². The lowest BCUT2D eigenvalue weighted by molar-refractivity contribution is 0.0957. The summed E-state index contributed by atoms with van der Waals surface area (Å²) < 4.78 is 5.33. The molecule has 2 N–H and O–H groups in total. The highest BCUT2D eigenvalue weighted by Gasteiger charge is 2.21. The zero-order valence-corrected chi connectivity index (χ0v) is 8.39. The van der Waals surface area contributed by atoms with Crippen LogP contribution in [0.25, 0.3) is 0 Å². The first-order chi connectivity index (χ1) is 6.15. The van der Waals surface area contributed by atoms with Gasteiger partial charge in [-0.3, -0.25) is 0 Å². The van der Waals surface area contributed by atoms with E-state index in [0.29, 0.717) is 0 Å². The molecule has 0 aromatic rings. The number of rotatable bonds is 1. The minimum Gasteiger partial charge on any atom is -0.374 e. The van der Waals surface area contributed by atoms with E-state index in [2.05, 4.69) is 30.7 Å². The summed E-state index contributed by atoms with van der Waals surface area (Å²) in [6.07, 6.45) is 0.942. The predicted molar refractivity (Wildman–Crippen MR) is 54.3 cm³/mol. The summed E-state index contributed by atoms with van der Waals surface area (Å²) in [6.45, 7) is 10.8. The average Bonchev–Trinajstić information content (AvgIpc) is 2.03. The molecule has 1 fully saturated rings. The van der Waals surface area contributed by atoms with E-state index < -0.39 is 0 Å². The van der Waals surface area contributed by atoms with Gasteiger partial charge in [-0.15, -0.1) is 0 Å². The van der Waals surface area contributed by atoms with Crippen LogP contribution in [0.1, 0.15) is 13.3 Å². The Morgan fingerprint density at radius 3 is 2.77 bits per heavy atom. The highest BCUT2D eigenvalue weighted by atomic mass is 16.5. The maximum atomic E-state index is 5.33. The molecular formula is C10H18N2O. The second-order valence-corrected chi connectivity index (χ2v) is 3.40. The molecule has 1 aliphatic rings. The number of hydrogen-bond donors (Lipinski definition) is 2. The van der Waals surface area contributed by atoms with E-state index in [9.17, 15) is 0 Å². The van der Waals surface area contributed by atoms with Gasteiger partial charge in [-0.1, -0.05) is 13.2 Å². The van der Waals surface area contributed by atoms with Crippen molar-refractivity contribution in [3.05, 3.63) is 24.6 Å². The largest absolute Gasteiger partial charge is 0.374 e. The molecule has 1 unspecified atom stereocenters. The van der Waals surface area contributed by atoms with Crippen molar-refractivity contribution in [1.82, 2.24) is 10.6 Å². The van der Waals surface area contributed by atoms with Crippen LogP contribution in [0, 0.1) is 0 Å². The molecule has 0 bridgehead atoms. The van der Waals surface area contributed by atoms with Crippen molar-refractivity contribution in [2.24, 2.45) is 0 Å². The van der Waals surface area contributed by atoms with Gasteiger partial charge in [0.1, 0.15) is 6.10 Å². The summed E-state index contributed by atoms with van der Waals surface area (Å²) in [5.74, 6) is 0. The van der Waals surface area contributed by atoms with E-state index in [1.807, 2.05) is 0 Å². The zero-order chi connectivity index (χ0) is 9.84. The molecule has 0 spiro atoms. The molecule has 3 heteroatoms. The van der Waals surface area contributed by atoms with Crippen LogP contribution < -0.4 is 10.6 Å². The van der Waals surface area contributed by atoms with Gasteiger partial charge in [0.2, 0.25) is 0 Å². The molecule has 13 heavy (non-hydrogen) atoms. The Labute approximate surface area is 79.9 Å². The summed E-state index contributed by atoms with van der Waals surface area (Å²) in [4.78, 5) is 0. The van der Waals surface area contributed by atoms with Gasteiger partial charge >= 0.3 is 0 Å². The molecule has 0 saturated carbocycles. The normalized spacial score (nSPS) is 30.6. The van der Waals surface area contributed by atoms with Crippen molar-refractivity contribution >= 4 is 0 Å². The summed E-state index contributed by atoms with van der Waals surface area (Å²) in [5, 5.41) is 6.52. The van der Waals surface area contributed by atoms with E-state index in [1.165, 1.54) is 0 Å². The molecule has 2 atom stereocenters. The Balaban J connectivity index is 2.67. The maximum absolute atomic E-state index is 5.33. The fourth-order valence-electron chi connectivity index (χ4n) is 1.57. The molecule has 0 aromatic carbocycles. The third-order valence-corrected chi connectivity index (χ3v) is 2.28. The number of nitrogens with one attached hydrogen (secondary N) is 2. The SMILES string of the molecule is C=C1CCN[C@@H](C)C(OC)C(=C)N1. The fraction of sp³-hybridized carbons (Fsp3) is 0.600. The first-order valence-corrected chi connectivity index (χ1v) is 4.55. The van der Waals surface area contributed by atoms with Crippen LogP contribution in [0.5, 0.6) is 0 Å². The third-order valence-electron chi connectivity index (χ3n) is 2.28. The van der Waals surface area contributed by atoms with E-state index >= 15 is 0 Å². The Morgan fingerprint density at radius 2 is 2.15 bits per heavy atom. The van der Waals surface area contributed by atoms with Crippen molar-refractivity contribution in [3.63, 3.8) is 0 Å². The standard InChI is InChI=1S/C10H18N2O/c1-7-5-6-11-8(2)10(13-4)9(3)12-7/h8,10-12H,1,3,5-6H2,2,4H3/t8-,10?/m0/s1. The van der Waals surface area contributed by atoms with E-state index in [1.54, 1.807) is 7.11 Å². The highest BCUT2D eigenvalue weighted by molar-refractivity contribution is 5.13. The smallest absolute Gasteiger partial charge is 0.111 e. The average molecular weight is 182 g/mol. The van der Waals surface area contributed by atoms with Crippen molar-refractivity contribution in [2.45, 2.75) is 25.5 Å². The monoisotopic (exact) mass is 182 g/mol. The second kappa shape index (κ2) is 4.44. The van der Waals surface area contributed by atoms with Crippen molar-refractivity contribution in [2.75, 3.05) is 13.7 Å². The molecule has 0 amide bonds.